The second-order valence-corrected chi connectivity index (χ2v) is 7.12. The lowest BCUT2D eigenvalue weighted by molar-refractivity contribution is -0.135. The molecule has 0 aromatic rings. The van der Waals surface area contributed by atoms with E-state index in [0.717, 1.165) is 45.5 Å². The van der Waals surface area contributed by atoms with Gasteiger partial charge in [-0.05, 0) is 40.0 Å². The van der Waals surface area contributed by atoms with E-state index in [1.165, 1.54) is 13.1 Å². The van der Waals surface area contributed by atoms with Crippen LogP contribution in [0.25, 0.3) is 0 Å². The first-order valence-corrected chi connectivity index (χ1v) is 8.28. The second-order valence-electron chi connectivity index (χ2n) is 7.12. The molecule has 4 heteroatoms. The van der Waals surface area contributed by atoms with Crippen molar-refractivity contribution in [3.8, 4) is 0 Å². The van der Waals surface area contributed by atoms with Crippen molar-refractivity contribution in [1.29, 1.82) is 0 Å². The number of piperazine rings is 1. The van der Waals surface area contributed by atoms with E-state index in [1.54, 1.807) is 0 Å². The van der Waals surface area contributed by atoms with E-state index in [0.29, 0.717) is 6.04 Å². The van der Waals surface area contributed by atoms with Gasteiger partial charge < -0.3 is 10.5 Å². The summed E-state index contributed by atoms with van der Waals surface area (Å²) in [5.74, 6) is 0. The molecule has 0 aliphatic carbocycles. The fraction of sp³-hybridized carbons (Fsp3) is 1.00. The van der Waals surface area contributed by atoms with Gasteiger partial charge >= 0.3 is 0 Å². The normalized spacial score (nSPS) is 37.5. The zero-order valence-corrected chi connectivity index (χ0v) is 13.8. The van der Waals surface area contributed by atoms with Gasteiger partial charge in [0, 0.05) is 50.9 Å². The maximum absolute atomic E-state index is 6.23. The summed E-state index contributed by atoms with van der Waals surface area (Å²) < 4.78 is 6.03. The molecule has 2 saturated heterocycles. The number of nitrogens with two attached hydrogens (primary N) is 1. The van der Waals surface area contributed by atoms with Gasteiger partial charge in [0.1, 0.15) is 0 Å². The zero-order valence-electron chi connectivity index (χ0n) is 13.8. The molecule has 118 valence electrons. The fourth-order valence-corrected chi connectivity index (χ4v) is 3.84. The molecule has 0 spiro atoms. The highest BCUT2D eigenvalue weighted by atomic mass is 16.5. The predicted molar refractivity (Wildman–Crippen MR) is 83.9 cm³/mol. The zero-order chi connectivity index (χ0) is 14.8. The van der Waals surface area contributed by atoms with Gasteiger partial charge in [-0.25, -0.2) is 0 Å². The third kappa shape index (κ3) is 3.19. The highest BCUT2D eigenvalue weighted by Gasteiger charge is 2.45. The maximum atomic E-state index is 6.23. The first-order valence-electron chi connectivity index (χ1n) is 8.28. The number of nitrogens with zero attached hydrogens (tertiary/aromatic N) is 2. The smallest absolute Gasteiger partial charge is 0.0670 e. The molecule has 20 heavy (non-hydrogen) atoms. The highest BCUT2D eigenvalue weighted by Crippen LogP contribution is 2.38. The summed E-state index contributed by atoms with van der Waals surface area (Å²) in [6.45, 7) is 15.3. The SMILES string of the molecule is CCC1(C)CC(CN)(N2CCN(C(C)C)CC2)CCO1. The summed E-state index contributed by atoms with van der Waals surface area (Å²) in [5, 5.41) is 0. The first kappa shape index (κ1) is 16.2. The second kappa shape index (κ2) is 6.30. The number of hydrogen-bond donors (Lipinski definition) is 1. The largest absolute Gasteiger partial charge is 0.375 e. The summed E-state index contributed by atoms with van der Waals surface area (Å²) in [6.07, 6.45) is 3.23. The average Bonchev–Trinajstić information content (AvgIpc) is 2.47. The third-order valence-corrected chi connectivity index (χ3v) is 5.56. The molecule has 2 heterocycles. The van der Waals surface area contributed by atoms with Crippen molar-refractivity contribution in [2.24, 2.45) is 5.73 Å². The Bertz CT molecular complexity index is 315. The van der Waals surface area contributed by atoms with Crippen LogP contribution in [-0.4, -0.2) is 66.3 Å². The van der Waals surface area contributed by atoms with E-state index in [9.17, 15) is 0 Å². The number of ether oxygens (including phenoxy) is 1. The lowest BCUT2D eigenvalue weighted by Crippen LogP contribution is -2.65. The lowest BCUT2D eigenvalue weighted by atomic mass is 9.77. The summed E-state index contributed by atoms with van der Waals surface area (Å²) in [6, 6.07) is 0.654. The van der Waals surface area contributed by atoms with Crippen LogP contribution in [0.4, 0.5) is 0 Å². The van der Waals surface area contributed by atoms with E-state index in [-0.39, 0.29) is 11.1 Å². The number of rotatable bonds is 4. The Morgan fingerprint density at radius 1 is 1.20 bits per heavy atom. The fourth-order valence-electron chi connectivity index (χ4n) is 3.84. The molecule has 2 N–H and O–H groups in total. The standard InChI is InChI=1S/C16H33N3O/c1-5-15(4)12-16(13-17,6-11-20-15)19-9-7-18(8-10-19)14(2)3/h14H,5-13,17H2,1-4H3. The highest BCUT2D eigenvalue weighted by molar-refractivity contribution is 5.01. The van der Waals surface area contributed by atoms with Crippen molar-refractivity contribution in [3.63, 3.8) is 0 Å². The Balaban J connectivity index is 2.04. The molecule has 0 aromatic carbocycles. The molecular weight excluding hydrogens is 250 g/mol. The minimum absolute atomic E-state index is 0.00675. The molecular formula is C16H33N3O. The molecule has 2 unspecified atom stereocenters. The van der Waals surface area contributed by atoms with E-state index in [2.05, 4.69) is 37.5 Å². The molecule has 2 rings (SSSR count). The maximum Gasteiger partial charge on any atom is 0.0670 e. The summed E-state index contributed by atoms with van der Waals surface area (Å²) in [4.78, 5) is 5.22. The minimum atomic E-state index is 0.00675. The Kier molecular flexibility index (Phi) is 5.11. The third-order valence-electron chi connectivity index (χ3n) is 5.56. The van der Waals surface area contributed by atoms with Crippen LogP contribution in [0.1, 0.15) is 47.0 Å². The van der Waals surface area contributed by atoms with Gasteiger partial charge in [-0.3, -0.25) is 9.80 Å². The van der Waals surface area contributed by atoms with E-state index in [1.807, 2.05) is 0 Å². The monoisotopic (exact) mass is 283 g/mol. The molecule has 0 radical (unpaired) electrons. The van der Waals surface area contributed by atoms with Gasteiger partial charge in [-0.2, -0.15) is 0 Å². The summed E-state index contributed by atoms with van der Waals surface area (Å²) in [5.41, 5.74) is 6.39. The van der Waals surface area contributed by atoms with Crippen LogP contribution in [0.5, 0.6) is 0 Å². The van der Waals surface area contributed by atoms with Crippen molar-refractivity contribution in [3.05, 3.63) is 0 Å². The topological polar surface area (TPSA) is 41.7 Å². The Morgan fingerprint density at radius 3 is 2.35 bits per heavy atom. The first-order chi connectivity index (χ1) is 9.45. The van der Waals surface area contributed by atoms with Gasteiger partial charge in [0.15, 0.2) is 0 Å². The molecule has 0 saturated carbocycles. The van der Waals surface area contributed by atoms with Crippen LogP contribution < -0.4 is 5.73 Å². The average molecular weight is 283 g/mol. The van der Waals surface area contributed by atoms with E-state index < -0.39 is 0 Å². The van der Waals surface area contributed by atoms with Crippen molar-refractivity contribution in [1.82, 2.24) is 9.80 Å². The van der Waals surface area contributed by atoms with Crippen LogP contribution in [0, 0.1) is 0 Å². The quantitative estimate of drug-likeness (QED) is 0.852. The van der Waals surface area contributed by atoms with Crippen molar-refractivity contribution in [2.75, 3.05) is 39.3 Å². The van der Waals surface area contributed by atoms with E-state index >= 15 is 0 Å². The van der Waals surface area contributed by atoms with Crippen molar-refractivity contribution in [2.45, 2.75) is 64.1 Å². The molecule has 0 aromatic heterocycles. The van der Waals surface area contributed by atoms with Gasteiger partial charge in [0.05, 0.1) is 5.60 Å². The molecule has 4 nitrogen and oxygen atoms in total. The van der Waals surface area contributed by atoms with Crippen LogP contribution >= 0.6 is 0 Å². The predicted octanol–water partition coefficient (Wildman–Crippen LogP) is 1.69. The van der Waals surface area contributed by atoms with Crippen LogP contribution in [0.15, 0.2) is 0 Å². The Hall–Kier alpha value is -0.160. The van der Waals surface area contributed by atoms with Gasteiger partial charge in [0.2, 0.25) is 0 Å². The summed E-state index contributed by atoms with van der Waals surface area (Å²) in [7, 11) is 0. The van der Waals surface area contributed by atoms with Gasteiger partial charge in [-0.15, -0.1) is 0 Å². The molecule has 2 fully saturated rings. The van der Waals surface area contributed by atoms with E-state index in [4.69, 9.17) is 10.5 Å². The van der Waals surface area contributed by atoms with Crippen molar-refractivity contribution < 1.29 is 4.74 Å². The Morgan fingerprint density at radius 2 is 1.85 bits per heavy atom. The minimum Gasteiger partial charge on any atom is -0.375 e. The number of hydrogen-bond acceptors (Lipinski definition) is 4. The lowest BCUT2D eigenvalue weighted by Gasteiger charge is -2.54. The summed E-state index contributed by atoms with van der Waals surface area (Å²) >= 11 is 0. The van der Waals surface area contributed by atoms with Crippen LogP contribution in [-0.2, 0) is 4.74 Å². The van der Waals surface area contributed by atoms with Crippen LogP contribution in [0.3, 0.4) is 0 Å². The molecule has 0 bridgehead atoms. The van der Waals surface area contributed by atoms with Crippen molar-refractivity contribution >= 4 is 0 Å². The Labute approximate surface area is 124 Å². The molecule has 2 aliphatic rings. The molecule has 2 aliphatic heterocycles. The van der Waals surface area contributed by atoms with Crippen LogP contribution in [0.2, 0.25) is 0 Å². The van der Waals surface area contributed by atoms with Gasteiger partial charge in [-0.1, -0.05) is 6.92 Å². The molecule has 0 amide bonds. The molecule has 2 atom stereocenters. The van der Waals surface area contributed by atoms with Gasteiger partial charge in [0.25, 0.3) is 0 Å².